The summed E-state index contributed by atoms with van der Waals surface area (Å²) in [4.78, 5) is 4.50. The van der Waals surface area contributed by atoms with E-state index >= 15 is 0 Å². The van der Waals surface area contributed by atoms with Crippen LogP contribution in [0.2, 0.25) is 0 Å². The molecule has 0 radical (unpaired) electrons. The third kappa shape index (κ3) is 2.77. The minimum Gasteiger partial charge on any atom is -0.434 e. The van der Waals surface area contributed by atoms with Gasteiger partial charge in [0.1, 0.15) is 23.5 Å². The summed E-state index contributed by atoms with van der Waals surface area (Å²) < 4.78 is 51.9. The molecular formula is C18H14BrF3N2O2. The molecule has 0 saturated heterocycles. The molecule has 2 aromatic carbocycles. The quantitative estimate of drug-likeness (QED) is 0.573. The highest BCUT2D eigenvalue weighted by Crippen LogP contribution is 2.45. The minimum atomic E-state index is -2.92. The lowest BCUT2D eigenvalue weighted by Crippen LogP contribution is -2.10. The van der Waals surface area contributed by atoms with Crippen LogP contribution in [0.1, 0.15) is 30.0 Å². The number of hydrogen-bond acceptors (Lipinski definition) is 3. The van der Waals surface area contributed by atoms with Crippen LogP contribution >= 0.6 is 15.9 Å². The van der Waals surface area contributed by atoms with Gasteiger partial charge in [-0.05, 0) is 28.1 Å². The Morgan fingerprint density at radius 3 is 2.77 bits per heavy atom. The van der Waals surface area contributed by atoms with E-state index in [1.165, 1.54) is 12.1 Å². The van der Waals surface area contributed by atoms with E-state index in [9.17, 15) is 13.2 Å². The highest BCUT2D eigenvalue weighted by molar-refractivity contribution is 9.10. The molecule has 26 heavy (non-hydrogen) atoms. The number of halogens is 4. The van der Waals surface area contributed by atoms with E-state index in [2.05, 4.69) is 20.9 Å². The molecule has 2 atom stereocenters. The Labute approximate surface area is 155 Å². The molecule has 3 aromatic rings. The number of alkyl halides is 2. The van der Waals surface area contributed by atoms with Crippen molar-refractivity contribution in [1.29, 1.82) is 0 Å². The van der Waals surface area contributed by atoms with Crippen molar-refractivity contribution < 1.29 is 22.6 Å². The lowest BCUT2D eigenvalue weighted by atomic mass is 10.0. The van der Waals surface area contributed by atoms with E-state index in [0.29, 0.717) is 33.3 Å². The fourth-order valence-electron chi connectivity index (χ4n) is 3.50. The maximum atomic E-state index is 13.9. The first kappa shape index (κ1) is 17.4. The molecule has 0 saturated carbocycles. The summed E-state index contributed by atoms with van der Waals surface area (Å²) in [6, 6.07) is 9.33. The van der Waals surface area contributed by atoms with Crippen molar-refractivity contribution in [2.75, 3.05) is 7.11 Å². The maximum absolute atomic E-state index is 13.9. The summed E-state index contributed by atoms with van der Waals surface area (Å²) in [5, 5.41) is 0. The fourth-order valence-corrected chi connectivity index (χ4v) is 3.84. The van der Waals surface area contributed by atoms with Crippen LogP contribution in [0, 0.1) is 5.82 Å². The monoisotopic (exact) mass is 426 g/mol. The second-order valence-corrected chi connectivity index (χ2v) is 6.84. The SMILES string of the molecule is COC1C[C@@H](c2ccccc2OC(F)F)n2c1nc1cc(F)c(Br)cc12. The smallest absolute Gasteiger partial charge is 0.387 e. The van der Waals surface area contributed by atoms with E-state index in [4.69, 9.17) is 9.47 Å². The molecule has 4 rings (SSSR count). The molecular weight excluding hydrogens is 413 g/mol. The summed E-state index contributed by atoms with van der Waals surface area (Å²) >= 11 is 3.19. The topological polar surface area (TPSA) is 36.3 Å². The van der Waals surface area contributed by atoms with Crippen LogP contribution in [0.5, 0.6) is 5.75 Å². The van der Waals surface area contributed by atoms with Crippen LogP contribution in [0.3, 0.4) is 0 Å². The van der Waals surface area contributed by atoms with E-state index in [0.717, 1.165) is 0 Å². The second-order valence-electron chi connectivity index (χ2n) is 5.99. The Morgan fingerprint density at radius 2 is 2.04 bits per heavy atom. The third-order valence-corrected chi connectivity index (χ3v) is 5.18. The summed E-state index contributed by atoms with van der Waals surface area (Å²) in [5.74, 6) is 0.330. The Bertz CT molecular complexity index is 976. The van der Waals surface area contributed by atoms with Crippen LogP contribution in [0.25, 0.3) is 11.0 Å². The van der Waals surface area contributed by atoms with Gasteiger partial charge in [-0.1, -0.05) is 18.2 Å². The van der Waals surface area contributed by atoms with Gasteiger partial charge in [-0.2, -0.15) is 8.78 Å². The number of methoxy groups -OCH3 is 1. The molecule has 0 aliphatic carbocycles. The van der Waals surface area contributed by atoms with Crippen molar-refractivity contribution in [3.8, 4) is 5.75 Å². The number of nitrogens with zero attached hydrogens (tertiary/aromatic N) is 2. The fraction of sp³-hybridized carbons (Fsp3) is 0.278. The molecule has 0 bridgehead atoms. The van der Waals surface area contributed by atoms with Crippen molar-refractivity contribution >= 4 is 27.0 Å². The number of fused-ring (bicyclic) bond motifs is 3. The molecule has 1 aromatic heterocycles. The molecule has 4 nitrogen and oxygen atoms in total. The van der Waals surface area contributed by atoms with Gasteiger partial charge in [-0.25, -0.2) is 9.37 Å². The molecule has 0 spiro atoms. The highest BCUT2D eigenvalue weighted by atomic mass is 79.9. The molecule has 0 amide bonds. The van der Waals surface area contributed by atoms with Crippen LogP contribution in [0.15, 0.2) is 40.9 Å². The van der Waals surface area contributed by atoms with Gasteiger partial charge >= 0.3 is 6.61 Å². The summed E-state index contributed by atoms with van der Waals surface area (Å²) in [7, 11) is 1.56. The molecule has 0 N–H and O–H groups in total. The first-order valence-corrected chi connectivity index (χ1v) is 8.72. The number of ether oxygens (including phenoxy) is 2. The average molecular weight is 427 g/mol. The standard InChI is InChI=1S/C18H14BrF3N2O2/c1-25-16-8-13(9-4-2-3-5-15(9)26-18(21)22)24-14-6-10(19)11(20)7-12(14)23-17(16)24/h2-7,13,16,18H,8H2,1H3/t13-,16?/m0/s1. The zero-order chi connectivity index (χ0) is 18.4. The van der Waals surface area contributed by atoms with Crippen molar-refractivity contribution in [2.24, 2.45) is 0 Å². The predicted octanol–water partition coefficient (Wildman–Crippen LogP) is 5.22. The second kappa shape index (κ2) is 6.59. The minimum absolute atomic E-state index is 0.109. The number of benzene rings is 2. The Morgan fingerprint density at radius 1 is 1.27 bits per heavy atom. The first-order chi connectivity index (χ1) is 12.5. The van der Waals surface area contributed by atoms with Gasteiger partial charge in [0.2, 0.25) is 0 Å². The van der Waals surface area contributed by atoms with Gasteiger partial charge in [0.05, 0.1) is 21.5 Å². The number of hydrogen-bond donors (Lipinski definition) is 0. The van der Waals surface area contributed by atoms with E-state index in [-0.39, 0.29) is 17.9 Å². The summed E-state index contributed by atoms with van der Waals surface area (Å²) in [6.45, 7) is -2.92. The molecule has 2 heterocycles. The molecule has 8 heteroatoms. The van der Waals surface area contributed by atoms with Crippen LogP contribution in [-0.4, -0.2) is 23.3 Å². The maximum Gasteiger partial charge on any atom is 0.387 e. The van der Waals surface area contributed by atoms with E-state index < -0.39 is 12.4 Å². The Balaban J connectivity index is 1.91. The van der Waals surface area contributed by atoms with Crippen molar-refractivity contribution in [2.45, 2.75) is 25.2 Å². The van der Waals surface area contributed by atoms with Crippen molar-refractivity contribution in [1.82, 2.24) is 9.55 Å². The number of aromatic nitrogens is 2. The van der Waals surface area contributed by atoms with Gasteiger partial charge in [-0.3, -0.25) is 0 Å². The highest BCUT2D eigenvalue weighted by Gasteiger charge is 2.37. The summed E-state index contributed by atoms with van der Waals surface area (Å²) in [5.41, 5.74) is 1.79. The number of imidazole rings is 1. The largest absolute Gasteiger partial charge is 0.434 e. The normalized spacial score (nSPS) is 19.3. The van der Waals surface area contributed by atoms with Gasteiger partial charge in [0, 0.05) is 25.2 Å². The van der Waals surface area contributed by atoms with Gasteiger partial charge in [0.15, 0.2) is 0 Å². The lowest BCUT2D eigenvalue weighted by molar-refractivity contribution is -0.0507. The van der Waals surface area contributed by atoms with Crippen molar-refractivity contribution in [3.63, 3.8) is 0 Å². The lowest BCUT2D eigenvalue weighted by Gasteiger charge is -2.19. The van der Waals surface area contributed by atoms with Gasteiger partial charge in [0.25, 0.3) is 0 Å². The van der Waals surface area contributed by atoms with E-state index in [1.54, 1.807) is 31.4 Å². The van der Waals surface area contributed by atoms with Gasteiger partial charge < -0.3 is 14.0 Å². The van der Waals surface area contributed by atoms with Crippen molar-refractivity contribution in [3.05, 3.63) is 58.1 Å². The van der Waals surface area contributed by atoms with Crippen LogP contribution in [-0.2, 0) is 4.74 Å². The predicted molar refractivity (Wildman–Crippen MR) is 93.0 cm³/mol. The molecule has 1 aliphatic heterocycles. The molecule has 136 valence electrons. The average Bonchev–Trinajstić information content (AvgIpc) is 3.12. The molecule has 1 unspecified atom stereocenters. The zero-order valence-corrected chi connectivity index (χ0v) is 15.2. The third-order valence-electron chi connectivity index (χ3n) is 4.57. The number of para-hydroxylation sites is 1. The zero-order valence-electron chi connectivity index (χ0n) is 13.6. The van der Waals surface area contributed by atoms with E-state index in [1.807, 2.05) is 4.57 Å². The Kier molecular flexibility index (Phi) is 4.40. The Hall–Kier alpha value is -2.06. The molecule has 0 fully saturated rings. The summed E-state index contributed by atoms with van der Waals surface area (Å²) in [6.07, 6.45) is 0.196. The first-order valence-electron chi connectivity index (χ1n) is 7.93. The van der Waals surface area contributed by atoms with Crippen LogP contribution in [0.4, 0.5) is 13.2 Å². The van der Waals surface area contributed by atoms with Gasteiger partial charge in [-0.15, -0.1) is 0 Å². The van der Waals surface area contributed by atoms with Crippen LogP contribution < -0.4 is 4.74 Å². The molecule has 1 aliphatic rings. The number of rotatable bonds is 4.